The van der Waals surface area contributed by atoms with Gasteiger partial charge in [-0.3, -0.25) is 14.6 Å². The number of carboxylic acids is 1. The number of pyridine rings is 2. The van der Waals surface area contributed by atoms with Crippen molar-refractivity contribution in [3.63, 3.8) is 0 Å². The molecule has 8 heteroatoms. The number of halogens is 1. The number of H-pyrrole nitrogens is 1. The zero-order valence-electron chi connectivity index (χ0n) is 20.1. The number of carbonyl (C=O) groups is 2. The maximum absolute atomic E-state index is 15.2. The summed E-state index contributed by atoms with van der Waals surface area (Å²) in [6.07, 6.45) is 4.58. The van der Waals surface area contributed by atoms with Crippen molar-refractivity contribution in [2.24, 2.45) is 0 Å². The van der Waals surface area contributed by atoms with Crippen molar-refractivity contribution in [2.45, 2.75) is 39.7 Å². The lowest BCUT2D eigenvalue weighted by Crippen LogP contribution is -2.22. The van der Waals surface area contributed by atoms with Crippen LogP contribution in [-0.4, -0.2) is 33.6 Å². The van der Waals surface area contributed by atoms with Gasteiger partial charge in [-0.25, -0.2) is 4.39 Å². The van der Waals surface area contributed by atoms with Crippen molar-refractivity contribution in [1.29, 1.82) is 0 Å². The summed E-state index contributed by atoms with van der Waals surface area (Å²) in [5.74, 6) is -1.46. The Morgan fingerprint density at radius 3 is 2.81 bits per heavy atom. The lowest BCUT2D eigenvalue weighted by Gasteiger charge is -2.24. The summed E-state index contributed by atoms with van der Waals surface area (Å²) in [4.78, 5) is 32.1. The number of carbonyl (C=O) groups excluding carboxylic acids is 1. The molecule has 0 radical (unpaired) electrons. The molecule has 0 fully saturated rings. The Bertz CT molecular complexity index is 1450. The van der Waals surface area contributed by atoms with Gasteiger partial charge in [0.25, 0.3) is 5.91 Å². The monoisotopic (exact) mass is 487 g/mol. The normalized spacial score (nSPS) is 12.8. The van der Waals surface area contributed by atoms with Crippen LogP contribution in [0.2, 0.25) is 0 Å². The minimum absolute atomic E-state index is 0.240. The van der Waals surface area contributed by atoms with E-state index in [-0.39, 0.29) is 18.1 Å². The number of benzene rings is 1. The van der Waals surface area contributed by atoms with Crippen LogP contribution in [0.4, 0.5) is 4.39 Å². The second kappa shape index (κ2) is 9.45. The highest BCUT2D eigenvalue weighted by molar-refractivity contribution is 6.01. The summed E-state index contributed by atoms with van der Waals surface area (Å²) in [5, 5.41) is 12.5. The van der Waals surface area contributed by atoms with Gasteiger partial charge in [0, 0.05) is 47.0 Å². The van der Waals surface area contributed by atoms with Crippen molar-refractivity contribution < 1.29 is 23.8 Å². The molecule has 2 aliphatic heterocycles. The van der Waals surface area contributed by atoms with E-state index in [2.05, 4.69) is 15.3 Å². The molecule has 0 unspecified atom stereocenters. The molecule has 0 bridgehead atoms. The summed E-state index contributed by atoms with van der Waals surface area (Å²) < 4.78 is 20.8. The predicted molar refractivity (Wildman–Crippen MR) is 133 cm³/mol. The number of amides is 1. The number of aromatic amines is 1. The van der Waals surface area contributed by atoms with Crippen LogP contribution >= 0.6 is 0 Å². The molecule has 3 heterocycles. The molecular weight excluding hydrogens is 461 g/mol. The molecule has 3 aliphatic rings. The molecule has 5 rings (SSSR count). The first-order chi connectivity index (χ1) is 17.3. The van der Waals surface area contributed by atoms with E-state index >= 15 is 4.39 Å². The van der Waals surface area contributed by atoms with E-state index in [4.69, 9.17) is 4.74 Å². The highest BCUT2D eigenvalue weighted by Crippen LogP contribution is 2.44. The van der Waals surface area contributed by atoms with Gasteiger partial charge in [0.15, 0.2) is 11.6 Å². The van der Waals surface area contributed by atoms with Crippen LogP contribution in [0.5, 0.6) is 5.75 Å². The lowest BCUT2D eigenvalue weighted by atomic mass is 9.86. The van der Waals surface area contributed by atoms with Gasteiger partial charge in [0.05, 0.1) is 13.0 Å². The molecular formula is C28H26FN3O4. The molecule has 7 nitrogen and oxygen atoms in total. The quantitative estimate of drug-likeness (QED) is 0.362. The Hall–Kier alpha value is -4.20. The SMILES string of the molecule is Cc1[nH]c2cc(C(=O)NCc3cccnc3)cc-2c(-c2cc(F)c3c(c2C)CCCO3)c1CC(=O)O. The van der Waals surface area contributed by atoms with E-state index in [0.29, 0.717) is 58.8 Å². The van der Waals surface area contributed by atoms with E-state index in [1.54, 1.807) is 37.5 Å². The number of carboxylic acid groups (broad SMARTS) is 1. The van der Waals surface area contributed by atoms with Gasteiger partial charge >= 0.3 is 5.97 Å². The molecule has 3 N–H and O–H groups in total. The van der Waals surface area contributed by atoms with E-state index < -0.39 is 11.8 Å². The molecule has 1 aromatic heterocycles. The molecule has 184 valence electrons. The first-order valence-corrected chi connectivity index (χ1v) is 11.8. The van der Waals surface area contributed by atoms with Crippen LogP contribution in [0.15, 0.2) is 42.7 Å². The molecule has 1 amide bonds. The number of aryl methyl sites for hydroxylation is 1. The fraction of sp³-hybridized carbons (Fsp3) is 0.250. The maximum Gasteiger partial charge on any atom is 0.307 e. The number of aromatic nitrogens is 2. The number of aliphatic carboxylic acids is 1. The highest BCUT2D eigenvalue weighted by Gasteiger charge is 2.27. The first kappa shape index (κ1) is 23.5. The van der Waals surface area contributed by atoms with Gasteiger partial charge in [0.2, 0.25) is 0 Å². The van der Waals surface area contributed by atoms with Crippen molar-refractivity contribution in [1.82, 2.24) is 15.3 Å². The first-order valence-electron chi connectivity index (χ1n) is 11.8. The number of hydrogen-bond donors (Lipinski definition) is 3. The highest BCUT2D eigenvalue weighted by atomic mass is 19.1. The van der Waals surface area contributed by atoms with Gasteiger partial charge in [-0.2, -0.15) is 0 Å². The summed E-state index contributed by atoms with van der Waals surface area (Å²) in [6, 6.07) is 8.57. The number of ether oxygens (including phenoxy) is 1. The second-order valence-corrected chi connectivity index (χ2v) is 9.08. The fourth-order valence-corrected chi connectivity index (χ4v) is 4.96. The number of nitrogens with zero attached hydrogens (tertiary/aromatic N) is 1. The van der Waals surface area contributed by atoms with Crippen LogP contribution in [0.25, 0.3) is 22.4 Å². The second-order valence-electron chi connectivity index (χ2n) is 9.08. The Kier molecular flexibility index (Phi) is 6.18. The standard InChI is InChI=1S/C28H26FN3O4/c1-15-19-6-4-8-36-27(19)23(29)11-20(15)26-21(12-25(33)34)16(2)32-24-10-18(9-22(24)26)28(35)31-14-17-5-3-7-30-13-17/h3,5,7,9-11,13,32H,4,6,8,12,14H2,1-2H3,(H,31,35)(H,33,34). The van der Waals surface area contributed by atoms with Gasteiger partial charge in [-0.15, -0.1) is 0 Å². The van der Waals surface area contributed by atoms with Crippen LogP contribution in [-0.2, 0) is 24.2 Å². The smallest absolute Gasteiger partial charge is 0.307 e. The summed E-state index contributed by atoms with van der Waals surface area (Å²) in [6.45, 7) is 4.50. The number of fused-ring (bicyclic) bond motifs is 2. The maximum atomic E-state index is 15.2. The van der Waals surface area contributed by atoms with Gasteiger partial charge in [-0.1, -0.05) is 6.07 Å². The van der Waals surface area contributed by atoms with Gasteiger partial charge in [0.1, 0.15) is 0 Å². The zero-order valence-corrected chi connectivity index (χ0v) is 20.1. The fourth-order valence-electron chi connectivity index (χ4n) is 4.96. The van der Waals surface area contributed by atoms with Gasteiger partial charge in [-0.05, 0) is 78.8 Å². The van der Waals surface area contributed by atoms with E-state index in [1.807, 2.05) is 13.0 Å². The molecule has 1 aliphatic carbocycles. The molecule has 2 aromatic rings. The van der Waals surface area contributed by atoms with Crippen molar-refractivity contribution in [3.8, 4) is 28.1 Å². The van der Waals surface area contributed by atoms with Crippen LogP contribution in [0.1, 0.15) is 44.7 Å². The molecule has 0 saturated heterocycles. The molecule has 36 heavy (non-hydrogen) atoms. The molecule has 0 atom stereocenters. The Morgan fingerprint density at radius 1 is 1.22 bits per heavy atom. The predicted octanol–water partition coefficient (Wildman–Crippen LogP) is 4.82. The minimum atomic E-state index is -0.993. The largest absolute Gasteiger partial charge is 0.490 e. The summed E-state index contributed by atoms with van der Waals surface area (Å²) in [5.41, 5.74) is 6.75. The van der Waals surface area contributed by atoms with Crippen molar-refractivity contribution in [3.05, 3.63) is 82.1 Å². The van der Waals surface area contributed by atoms with E-state index in [1.165, 1.54) is 6.07 Å². The topological polar surface area (TPSA) is 104 Å². The average molecular weight is 488 g/mol. The molecule has 0 saturated carbocycles. The lowest BCUT2D eigenvalue weighted by molar-refractivity contribution is -0.136. The van der Waals surface area contributed by atoms with Crippen LogP contribution in [0, 0.1) is 19.7 Å². The third kappa shape index (κ3) is 4.30. The number of rotatable bonds is 6. The Labute approximate surface area is 207 Å². The van der Waals surface area contributed by atoms with Crippen LogP contribution in [0.3, 0.4) is 0 Å². The van der Waals surface area contributed by atoms with E-state index in [0.717, 1.165) is 23.1 Å². The summed E-state index contributed by atoms with van der Waals surface area (Å²) in [7, 11) is 0. The Morgan fingerprint density at radius 2 is 2.06 bits per heavy atom. The Balaban J connectivity index is 1.64. The van der Waals surface area contributed by atoms with Crippen molar-refractivity contribution >= 4 is 11.9 Å². The third-order valence-corrected chi connectivity index (χ3v) is 6.71. The zero-order chi connectivity index (χ0) is 25.4. The van der Waals surface area contributed by atoms with E-state index in [9.17, 15) is 14.7 Å². The van der Waals surface area contributed by atoms with Gasteiger partial charge < -0.3 is 20.1 Å². The summed E-state index contributed by atoms with van der Waals surface area (Å²) >= 11 is 0. The average Bonchev–Trinajstić information content (AvgIpc) is 3.29. The number of nitrogens with one attached hydrogen (secondary N) is 2. The third-order valence-electron chi connectivity index (χ3n) is 6.71. The molecule has 1 aromatic carbocycles. The van der Waals surface area contributed by atoms with Crippen LogP contribution < -0.4 is 10.1 Å². The minimum Gasteiger partial charge on any atom is -0.490 e. The van der Waals surface area contributed by atoms with Crippen molar-refractivity contribution in [2.75, 3.05) is 6.61 Å². The number of hydrogen-bond acceptors (Lipinski definition) is 4. The molecule has 0 spiro atoms.